The van der Waals surface area contributed by atoms with Gasteiger partial charge in [0.05, 0.1) is 24.0 Å². The molecule has 1 amide bonds. The number of carbonyl (C=O) groups excluding carboxylic acids is 1. The number of rotatable bonds is 4. The highest BCUT2D eigenvalue weighted by atomic mass is 16.6. The highest BCUT2D eigenvalue weighted by Gasteiger charge is 2.13. The lowest BCUT2D eigenvalue weighted by Crippen LogP contribution is -2.25. The van der Waals surface area contributed by atoms with Gasteiger partial charge in [0.1, 0.15) is 19.0 Å². The number of nitrogens with one attached hydrogen (secondary N) is 2. The van der Waals surface area contributed by atoms with Gasteiger partial charge in [-0.3, -0.25) is 4.79 Å². The van der Waals surface area contributed by atoms with Crippen LogP contribution < -0.4 is 14.8 Å². The van der Waals surface area contributed by atoms with Crippen molar-refractivity contribution in [3.05, 3.63) is 53.9 Å². The summed E-state index contributed by atoms with van der Waals surface area (Å²) in [6.45, 7) is 1.47. The molecule has 0 fully saturated rings. The van der Waals surface area contributed by atoms with Crippen LogP contribution in [0.2, 0.25) is 0 Å². The Bertz CT molecular complexity index is 855. The molecule has 2 aromatic carbocycles. The molecule has 1 aromatic heterocycles. The van der Waals surface area contributed by atoms with E-state index in [0.717, 1.165) is 28.2 Å². The smallest absolute Gasteiger partial charge is 0.224 e. The monoisotopic (exact) mass is 323 g/mol. The molecule has 6 heteroatoms. The third-order valence-electron chi connectivity index (χ3n) is 3.86. The van der Waals surface area contributed by atoms with Crippen molar-refractivity contribution >= 4 is 16.9 Å². The highest BCUT2D eigenvalue weighted by molar-refractivity contribution is 5.79. The Hall–Kier alpha value is -3.02. The summed E-state index contributed by atoms with van der Waals surface area (Å²) >= 11 is 0. The number of H-pyrrole nitrogens is 1. The fourth-order valence-corrected chi connectivity index (χ4v) is 2.72. The number of fused-ring (bicyclic) bond motifs is 2. The maximum absolute atomic E-state index is 12.1. The molecule has 6 nitrogen and oxygen atoms in total. The minimum atomic E-state index is -0.0628. The summed E-state index contributed by atoms with van der Waals surface area (Å²) in [5.74, 6) is 2.11. The van der Waals surface area contributed by atoms with E-state index < -0.39 is 0 Å². The number of aromatic nitrogens is 2. The zero-order chi connectivity index (χ0) is 16.4. The molecule has 24 heavy (non-hydrogen) atoms. The zero-order valence-electron chi connectivity index (χ0n) is 13.0. The van der Waals surface area contributed by atoms with Crippen LogP contribution in [0.5, 0.6) is 11.5 Å². The van der Waals surface area contributed by atoms with Gasteiger partial charge in [-0.05, 0) is 29.8 Å². The SMILES string of the molecule is O=C(Cc1ccc2c(c1)OCCO2)NCc1nc2ccccc2[nH]1. The van der Waals surface area contributed by atoms with Crippen molar-refractivity contribution < 1.29 is 14.3 Å². The van der Waals surface area contributed by atoms with Crippen LogP contribution in [-0.4, -0.2) is 29.1 Å². The number of para-hydroxylation sites is 2. The van der Waals surface area contributed by atoms with Gasteiger partial charge >= 0.3 is 0 Å². The first kappa shape index (κ1) is 14.6. The van der Waals surface area contributed by atoms with Crippen LogP contribution in [-0.2, 0) is 17.8 Å². The number of nitrogens with zero attached hydrogens (tertiary/aromatic N) is 1. The molecular formula is C18H17N3O3. The molecular weight excluding hydrogens is 306 g/mol. The molecule has 0 saturated heterocycles. The fraction of sp³-hybridized carbons (Fsp3) is 0.222. The van der Waals surface area contributed by atoms with Gasteiger partial charge in [0.25, 0.3) is 0 Å². The predicted octanol–water partition coefficient (Wildman–Crippen LogP) is 2.19. The number of imidazole rings is 1. The standard InChI is InChI=1S/C18H17N3O3/c22-18(10-12-5-6-15-16(9-12)24-8-7-23-15)19-11-17-20-13-3-1-2-4-14(13)21-17/h1-6,9H,7-8,10-11H2,(H,19,22)(H,20,21). The normalized spacial score (nSPS) is 13.0. The van der Waals surface area contributed by atoms with E-state index in [1.807, 2.05) is 42.5 Å². The number of hydrogen-bond donors (Lipinski definition) is 2. The van der Waals surface area contributed by atoms with Gasteiger partial charge in [-0.1, -0.05) is 18.2 Å². The van der Waals surface area contributed by atoms with Crippen LogP contribution in [0.25, 0.3) is 11.0 Å². The molecule has 2 heterocycles. The minimum Gasteiger partial charge on any atom is -0.486 e. The minimum absolute atomic E-state index is 0.0628. The Morgan fingerprint density at radius 1 is 1.12 bits per heavy atom. The van der Waals surface area contributed by atoms with Crippen molar-refractivity contribution in [3.63, 3.8) is 0 Å². The summed E-state index contributed by atoms with van der Waals surface area (Å²) in [6.07, 6.45) is 0.289. The number of ether oxygens (including phenoxy) is 2. The van der Waals surface area contributed by atoms with Gasteiger partial charge in [0, 0.05) is 0 Å². The Morgan fingerprint density at radius 2 is 1.96 bits per heavy atom. The van der Waals surface area contributed by atoms with Gasteiger partial charge in [0.15, 0.2) is 11.5 Å². The largest absolute Gasteiger partial charge is 0.486 e. The van der Waals surface area contributed by atoms with Crippen LogP contribution in [0.15, 0.2) is 42.5 Å². The summed E-state index contributed by atoms with van der Waals surface area (Å²) in [5, 5.41) is 2.88. The van der Waals surface area contributed by atoms with Crippen LogP contribution in [0.3, 0.4) is 0 Å². The molecule has 0 aliphatic carbocycles. The van der Waals surface area contributed by atoms with Crippen molar-refractivity contribution in [2.24, 2.45) is 0 Å². The molecule has 0 unspecified atom stereocenters. The average molecular weight is 323 g/mol. The molecule has 0 spiro atoms. The summed E-state index contributed by atoms with van der Waals surface area (Å²) in [5.41, 5.74) is 2.75. The number of aromatic amines is 1. The second kappa shape index (κ2) is 6.23. The molecule has 0 bridgehead atoms. The van der Waals surface area contributed by atoms with Gasteiger partial charge in [-0.2, -0.15) is 0 Å². The summed E-state index contributed by atoms with van der Waals surface area (Å²) in [6, 6.07) is 13.4. The van der Waals surface area contributed by atoms with E-state index in [0.29, 0.717) is 25.5 Å². The number of carbonyl (C=O) groups is 1. The van der Waals surface area contributed by atoms with Crippen LogP contribution in [0, 0.1) is 0 Å². The third-order valence-corrected chi connectivity index (χ3v) is 3.86. The maximum atomic E-state index is 12.1. The van der Waals surface area contributed by atoms with Crippen molar-refractivity contribution in [1.29, 1.82) is 0 Å². The summed E-state index contributed by atoms with van der Waals surface area (Å²) < 4.78 is 11.0. The third kappa shape index (κ3) is 3.03. The van der Waals surface area contributed by atoms with Crippen molar-refractivity contribution in [2.45, 2.75) is 13.0 Å². The van der Waals surface area contributed by atoms with Crippen LogP contribution in [0.1, 0.15) is 11.4 Å². The first-order valence-corrected chi connectivity index (χ1v) is 7.87. The predicted molar refractivity (Wildman–Crippen MR) is 89.1 cm³/mol. The first-order valence-electron chi connectivity index (χ1n) is 7.87. The Labute approximate surface area is 138 Å². The number of hydrogen-bond acceptors (Lipinski definition) is 4. The van der Waals surface area contributed by atoms with E-state index in [4.69, 9.17) is 9.47 Å². The second-order valence-corrected chi connectivity index (χ2v) is 5.63. The molecule has 1 aliphatic heterocycles. The quantitative estimate of drug-likeness (QED) is 0.772. The van der Waals surface area contributed by atoms with Crippen molar-refractivity contribution in [2.75, 3.05) is 13.2 Å². The molecule has 3 aromatic rings. The van der Waals surface area contributed by atoms with Gasteiger partial charge < -0.3 is 19.8 Å². The Morgan fingerprint density at radius 3 is 2.83 bits per heavy atom. The lowest BCUT2D eigenvalue weighted by molar-refractivity contribution is -0.120. The van der Waals surface area contributed by atoms with Crippen LogP contribution in [0.4, 0.5) is 0 Å². The number of benzene rings is 2. The van der Waals surface area contributed by atoms with E-state index in [1.54, 1.807) is 0 Å². The van der Waals surface area contributed by atoms with E-state index in [9.17, 15) is 4.79 Å². The maximum Gasteiger partial charge on any atom is 0.224 e. The second-order valence-electron chi connectivity index (χ2n) is 5.63. The van der Waals surface area contributed by atoms with Gasteiger partial charge in [0.2, 0.25) is 5.91 Å². The lowest BCUT2D eigenvalue weighted by atomic mass is 10.1. The number of amides is 1. The van der Waals surface area contributed by atoms with E-state index in [1.165, 1.54) is 0 Å². The molecule has 2 N–H and O–H groups in total. The molecule has 122 valence electrons. The van der Waals surface area contributed by atoms with Crippen LogP contribution >= 0.6 is 0 Å². The topological polar surface area (TPSA) is 76.2 Å². The fourth-order valence-electron chi connectivity index (χ4n) is 2.72. The summed E-state index contributed by atoms with van der Waals surface area (Å²) in [4.78, 5) is 19.8. The average Bonchev–Trinajstić information content (AvgIpc) is 3.03. The first-order chi connectivity index (χ1) is 11.8. The summed E-state index contributed by atoms with van der Waals surface area (Å²) in [7, 11) is 0. The molecule has 0 saturated carbocycles. The molecule has 4 rings (SSSR count). The van der Waals surface area contributed by atoms with Gasteiger partial charge in [-0.15, -0.1) is 0 Å². The Balaban J connectivity index is 1.38. The van der Waals surface area contributed by atoms with E-state index in [-0.39, 0.29) is 12.3 Å². The molecule has 1 aliphatic rings. The molecule has 0 atom stereocenters. The van der Waals surface area contributed by atoms with E-state index >= 15 is 0 Å². The Kier molecular flexibility index (Phi) is 3.78. The van der Waals surface area contributed by atoms with Crippen molar-refractivity contribution in [1.82, 2.24) is 15.3 Å². The van der Waals surface area contributed by atoms with Crippen molar-refractivity contribution in [3.8, 4) is 11.5 Å². The van der Waals surface area contributed by atoms with E-state index in [2.05, 4.69) is 15.3 Å². The zero-order valence-corrected chi connectivity index (χ0v) is 13.0. The van der Waals surface area contributed by atoms with Gasteiger partial charge in [-0.25, -0.2) is 4.98 Å². The lowest BCUT2D eigenvalue weighted by Gasteiger charge is -2.18. The molecule has 0 radical (unpaired) electrons. The highest BCUT2D eigenvalue weighted by Crippen LogP contribution is 2.30.